The fourth-order valence-corrected chi connectivity index (χ4v) is 2.96. The molecule has 2 aromatic carbocycles. The minimum Gasteiger partial charge on any atom is -0.487 e. The van der Waals surface area contributed by atoms with Gasteiger partial charge in [0.25, 0.3) is 5.71 Å². The van der Waals surface area contributed by atoms with E-state index in [1.807, 2.05) is 6.07 Å². The average Bonchev–Trinajstić information content (AvgIpc) is 3.10. The lowest BCUT2D eigenvalue weighted by atomic mass is 10.2. The summed E-state index contributed by atoms with van der Waals surface area (Å²) in [6.07, 6.45) is 0. The number of nitriles is 1. The maximum atomic E-state index is 13.1. The minimum absolute atomic E-state index is 0.0666. The number of hydrogen-bond donors (Lipinski definition) is 0. The Balaban J connectivity index is 1.54. The molecule has 6 nitrogen and oxygen atoms in total. The van der Waals surface area contributed by atoms with Crippen molar-refractivity contribution in [1.82, 2.24) is 10.1 Å². The molecule has 0 saturated heterocycles. The zero-order valence-corrected chi connectivity index (χ0v) is 16.0. The van der Waals surface area contributed by atoms with Gasteiger partial charge in [0.2, 0.25) is 5.95 Å². The van der Waals surface area contributed by atoms with Gasteiger partial charge in [-0.3, -0.25) is 0 Å². The van der Waals surface area contributed by atoms with Gasteiger partial charge in [0.1, 0.15) is 29.5 Å². The van der Waals surface area contributed by atoms with Crippen LogP contribution in [0.15, 0.2) is 53.1 Å². The number of fused-ring (bicyclic) bond motifs is 1. The third-order valence-electron chi connectivity index (χ3n) is 3.89. The molecule has 0 amide bonds. The molecule has 0 aliphatic rings. The highest BCUT2D eigenvalue weighted by Crippen LogP contribution is 2.34. The van der Waals surface area contributed by atoms with Crippen LogP contribution in [0.3, 0.4) is 0 Å². The standard InChI is InChI=1S/C20H10Cl2FN3O3/c21-12-5-11(9-24)6-14(7-12)28-18-8-13(1-3-16(18)22)27-10-17-15-2-4-19(23)25-20(15)29-26-17/h1-8H,10H2. The summed E-state index contributed by atoms with van der Waals surface area (Å²) in [6, 6.07) is 14.3. The summed E-state index contributed by atoms with van der Waals surface area (Å²) in [4.78, 5) is 3.62. The van der Waals surface area contributed by atoms with Crippen LogP contribution in [0.5, 0.6) is 17.2 Å². The van der Waals surface area contributed by atoms with Gasteiger partial charge in [-0.15, -0.1) is 0 Å². The van der Waals surface area contributed by atoms with Crippen molar-refractivity contribution in [2.45, 2.75) is 6.61 Å². The molecule has 2 heterocycles. The molecular weight excluding hydrogens is 420 g/mol. The molecule has 9 heteroatoms. The zero-order valence-electron chi connectivity index (χ0n) is 14.5. The van der Waals surface area contributed by atoms with Gasteiger partial charge < -0.3 is 14.0 Å². The van der Waals surface area contributed by atoms with E-state index in [9.17, 15) is 4.39 Å². The molecule has 0 aliphatic heterocycles. The van der Waals surface area contributed by atoms with Gasteiger partial charge in [0, 0.05) is 11.1 Å². The number of ether oxygens (including phenoxy) is 2. The zero-order chi connectivity index (χ0) is 20.4. The summed E-state index contributed by atoms with van der Waals surface area (Å²) in [5, 5.41) is 14.2. The summed E-state index contributed by atoms with van der Waals surface area (Å²) < 4.78 is 29.6. The third kappa shape index (κ3) is 4.24. The van der Waals surface area contributed by atoms with Crippen LogP contribution in [0.2, 0.25) is 10.0 Å². The van der Waals surface area contributed by atoms with Crippen LogP contribution in [0, 0.1) is 17.3 Å². The van der Waals surface area contributed by atoms with Crippen molar-refractivity contribution in [2.75, 3.05) is 0 Å². The molecule has 0 radical (unpaired) electrons. The lowest BCUT2D eigenvalue weighted by Crippen LogP contribution is -1.97. The summed E-state index contributed by atoms with van der Waals surface area (Å²) in [5.41, 5.74) is 0.926. The molecule has 0 saturated carbocycles. The van der Waals surface area contributed by atoms with Gasteiger partial charge in [0.05, 0.1) is 22.0 Å². The first-order chi connectivity index (χ1) is 14.0. The maximum absolute atomic E-state index is 13.1. The van der Waals surface area contributed by atoms with Crippen molar-refractivity contribution in [1.29, 1.82) is 5.26 Å². The Morgan fingerprint density at radius 1 is 1.07 bits per heavy atom. The van der Waals surface area contributed by atoms with E-state index < -0.39 is 5.95 Å². The first-order valence-corrected chi connectivity index (χ1v) is 8.99. The number of benzene rings is 2. The van der Waals surface area contributed by atoms with Gasteiger partial charge in [-0.1, -0.05) is 28.4 Å². The number of pyridine rings is 1. The van der Waals surface area contributed by atoms with Crippen LogP contribution in [0.4, 0.5) is 4.39 Å². The molecule has 4 aromatic rings. The van der Waals surface area contributed by atoms with Gasteiger partial charge in [0.15, 0.2) is 0 Å². The Kier molecular flexibility index (Phi) is 5.21. The molecule has 0 unspecified atom stereocenters. The number of rotatable bonds is 5. The first-order valence-electron chi connectivity index (χ1n) is 8.23. The summed E-state index contributed by atoms with van der Waals surface area (Å²) >= 11 is 12.2. The quantitative estimate of drug-likeness (QED) is 0.366. The van der Waals surface area contributed by atoms with Crippen LogP contribution in [0.1, 0.15) is 11.3 Å². The molecule has 0 spiro atoms. The van der Waals surface area contributed by atoms with E-state index in [1.165, 1.54) is 18.2 Å². The molecule has 0 N–H and O–H groups in total. The van der Waals surface area contributed by atoms with E-state index in [2.05, 4.69) is 10.1 Å². The SMILES string of the molecule is N#Cc1cc(Cl)cc(Oc2cc(OCc3noc4nc(F)ccc34)ccc2Cl)c1. The van der Waals surface area contributed by atoms with Gasteiger partial charge in [-0.2, -0.15) is 14.6 Å². The predicted octanol–water partition coefficient (Wildman–Crippen LogP) is 5.91. The number of halogens is 3. The molecule has 29 heavy (non-hydrogen) atoms. The van der Waals surface area contributed by atoms with Crippen LogP contribution >= 0.6 is 23.2 Å². The molecule has 2 aromatic heterocycles. The average molecular weight is 430 g/mol. The van der Waals surface area contributed by atoms with E-state index in [-0.39, 0.29) is 12.3 Å². The number of hydrogen-bond acceptors (Lipinski definition) is 6. The normalized spacial score (nSPS) is 10.7. The van der Waals surface area contributed by atoms with E-state index >= 15 is 0 Å². The highest BCUT2D eigenvalue weighted by atomic mass is 35.5. The van der Waals surface area contributed by atoms with Crippen molar-refractivity contribution < 1.29 is 18.4 Å². The van der Waals surface area contributed by atoms with Crippen molar-refractivity contribution in [3.8, 4) is 23.3 Å². The van der Waals surface area contributed by atoms with E-state index in [0.29, 0.717) is 43.9 Å². The van der Waals surface area contributed by atoms with Crippen LogP contribution in [-0.4, -0.2) is 10.1 Å². The smallest absolute Gasteiger partial charge is 0.260 e. The largest absolute Gasteiger partial charge is 0.487 e. The Hall–Kier alpha value is -3.34. The van der Waals surface area contributed by atoms with Crippen LogP contribution in [0.25, 0.3) is 11.1 Å². The second-order valence-electron chi connectivity index (χ2n) is 5.89. The first kappa shape index (κ1) is 19.0. The Labute approximate surface area is 174 Å². The van der Waals surface area contributed by atoms with Crippen molar-refractivity contribution in [3.05, 3.63) is 75.8 Å². The molecule has 144 valence electrons. The summed E-state index contributed by atoms with van der Waals surface area (Å²) in [6.45, 7) is 0.0666. The fourth-order valence-electron chi connectivity index (χ4n) is 2.58. The van der Waals surface area contributed by atoms with Crippen molar-refractivity contribution >= 4 is 34.3 Å². The Morgan fingerprint density at radius 2 is 1.93 bits per heavy atom. The van der Waals surface area contributed by atoms with Crippen molar-refractivity contribution in [2.24, 2.45) is 0 Å². The second-order valence-corrected chi connectivity index (χ2v) is 6.73. The lowest BCUT2D eigenvalue weighted by molar-refractivity contribution is 0.290. The lowest BCUT2D eigenvalue weighted by Gasteiger charge is -2.11. The second kappa shape index (κ2) is 7.95. The number of aromatic nitrogens is 2. The molecular formula is C20H10Cl2FN3O3. The van der Waals surface area contributed by atoms with Gasteiger partial charge >= 0.3 is 0 Å². The van der Waals surface area contributed by atoms with E-state index in [1.54, 1.807) is 30.3 Å². The summed E-state index contributed by atoms with van der Waals surface area (Å²) in [7, 11) is 0. The fraction of sp³-hybridized carbons (Fsp3) is 0.0500. The van der Waals surface area contributed by atoms with E-state index in [4.69, 9.17) is 42.5 Å². The number of nitrogens with zero attached hydrogens (tertiary/aromatic N) is 3. The maximum Gasteiger partial charge on any atom is 0.260 e. The molecule has 0 bridgehead atoms. The highest BCUT2D eigenvalue weighted by Gasteiger charge is 2.12. The molecule has 4 rings (SSSR count). The molecule has 0 aliphatic carbocycles. The molecule has 0 fully saturated rings. The van der Waals surface area contributed by atoms with Crippen LogP contribution in [-0.2, 0) is 6.61 Å². The third-order valence-corrected chi connectivity index (χ3v) is 4.42. The monoisotopic (exact) mass is 429 g/mol. The predicted molar refractivity (Wildman–Crippen MR) is 104 cm³/mol. The highest BCUT2D eigenvalue weighted by molar-refractivity contribution is 6.32. The molecule has 0 atom stereocenters. The van der Waals surface area contributed by atoms with Crippen LogP contribution < -0.4 is 9.47 Å². The summed E-state index contributed by atoms with van der Waals surface area (Å²) in [5.74, 6) is 0.493. The topological polar surface area (TPSA) is 81.2 Å². The van der Waals surface area contributed by atoms with Crippen molar-refractivity contribution in [3.63, 3.8) is 0 Å². The van der Waals surface area contributed by atoms with E-state index in [0.717, 1.165) is 0 Å². The van der Waals surface area contributed by atoms with Gasteiger partial charge in [-0.25, -0.2) is 0 Å². The van der Waals surface area contributed by atoms with Gasteiger partial charge in [-0.05, 0) is 42.5 Å². The minimum atomic E-state index is -0.652. The Bertz CT molecular complexity index is 1250. The Morgan fingerprint density at radius 3 is 2.76 bits per heavy atom.